The molecule has 0 radical (unpaired) electrons. The first-order valence-corrected chi connectivity index (χ1v) is 9.91. The lowest BCUT2D eigenvalue weighted by Crippen LogP contribution is -2.44. The van der Waals surface area contributed by atoms with Crippen molar-refractivity contribution in [2.75, 3.05) is 59.4 Å². The van der Waals surface area contributed by atoms with Crippen LogP contribution in [0.1, 0.15) is 11.6 Å². The summed E-state index contributed by atoms with van der Waals surface area (Å²) in [5.74, 6) is 1.69. The van der Waals surface area contributed by atoms with Gasteiger partial charge in [0.05, 0.1) is 33.5 Å². The number of halogens is 1. The lowest BCUT2D eigenvalue weighted by Gasteiger charge is -2.35. The molecule has 162 valence electrons. The van der Waals surface area contributed by atoms with Crippen molar-refractivity contribution in [1.82, 2.24) is 10.2 Å². The van der Waals surface area contributed by atoms with Crippen LogP contribution in [0.15, 0.2) is 47.5 Å². The van der Waals surface area contributed by atoms with E-state index in [-0.39, 0.29) is 11.9 Å². The Labute approximate surface area is 176 Å². The zero-order valence-electron chi connectivity index (χ0n) is 17.7. The molecule has 2 aromatic rings. The Balaban J connectivity index is 1.70. The third kappa shape index (κ3) is 5.61. The number of nitrogens with zero attached hydrogens (tertiary/aromatic N) is 2. The van der Waals surface area contributed by atoms with Crippen LogP contribution in [0.4, 0.5) is 10.1 Å². The first-order chi connectivity index (χ1) is 14.6. The van der Waals surface area contributed by atoms with Gasteiger partial charge in [0.1, 0.15) is 5.82 Å². The molecule has 2 N–H and O–H groups in total. The molecule has 1 atom stereocenters. The second kappa shape index (κ2) is 10.8. The molecule has 3 rings (SSSR count). The maximum atomic E-state index is 13.4. The summed E-state index contributed by atoms with van der Waals surface area (Å²) < 4.78 is 29.6. The van der Waals surface area contributed by atoms with E-state index in [4.69, 9.17) is 14.2 Å². The quantitative estimate of drug-likeness (QED) is 0.535. The summed E-state index contributed by atoms with van der Waals surface area (Å²) in [5, 5.41) is 6.66. The zero-order chi connectivity index (χ0) is 21.3. The molecule has 8 heteroatoms. The third-order valence-electron chi connectivity index (χ3n) is 5.07. The van der Waals surface area contributed by atoms with Crippen molar-refractivity contribution in [2.24, 2.45) is 4.99 Å². The molecule has 0 spiro atoms. The second-order valence-corrected chi connectivity index (χ2v) is 6.86. The Kier molecular flexibility index (Phi) is 7.87. The van der Waals surface area contributed by atoms with Gasteiger partial charge in [-0.2, -0.15) is 0 Å². The number of methoxy groups -OCH3 is 2. The molecule has 1 aliphatic heterocycles. The highest BCUT2D eigenvalue weighted by Gasteiger charge is 2.23. The van der Waals surface area contributed by atoms with Gasteiger partial charge in [-0.3, -0.25) is 9.89 Å². The van der Waals surface area contributed by atoms with E-state index in [1.54, 1.807) is 21.3 Å². The van der Waals surface area contributed by atoms with E-state index in [9.17, 15) is 4.39 Å². The van der Waals surface area contributed by atoms with Crippen LogP contribution in [0, 0.1) is 5.82 Å². The highest BCUT2D eigenvalue weighted by molar-refractivity contribution is 5.93. The fourth-order valence-corrected chi connectivity index (χ4v) is 3.46. The Morgan fingerprint density at radius 2 is 1.80 bits per heavy atom. The first-order valence-electron chi connectivity index (χ1n) is 9.91. The van der Waals surface area contributed by atoms with Gasteiger partial charge in [-0.15, -0.1) is 0 Å². The minimum Gasteiger partial charge on any atom is -0.493 e. The van der Waals surface area contributed by atoms with Gasteiger partial charge in [0.2, 0.25) is 0 Å². The average molecular weight is 416 g/mol. The highest BCUT2D eigenvalue weighted by atomic mass is 19.1. The van der Waals surface area contributed by atoms with Gasteiger partial charge in [-0.25, -0.2) is 4.39 Å². The lowest BCUT2D eigenvalue weighted by atomic mass is 10.0. The van der Waals surface area contributed by atoms with Crippen molar-refractivity contribution in [2.45, 2.75) is 6.04 Å². The minimum atomic E-state index is -0.238. The molecule has 30 heavy (non-hydrogen) atoms. The number of ether oxygens (including phenoxy) is 3. The number of aliphatic imine (C=N–C) groups is 1. The van der Waals surface area contributed by atoms with E-state index in [1.807, 2.05) is 30.3 Å². The Hall–Kier alpha value is -2.84. The van der Waals surface area contributed by atoms with Crippen LogP contribution in [0.3, 0.4) is 0 Å². The van der Waals surface area contributed by atoms with Gasteiger partial charge in [0.15, 0.2) is 17.5 Å². The van der Waals surface area contributed by atoms with Crippen LogP contribution in [-0.4, -0.2) is 65.0 Å². The van der Waals surface area contributed by atoms with Crippen LogP contribution < -0.4 is 20.1 Å². The third-order valence-corrected chi connectivity index (χ3v) is 5.07. The van der Waals surface area contributed by atoms with Crippen molar-refractivity contribution in [3.05, 3.63) is 53.8 Å². The smallest absolute Gasteiger partial charge is 0.195 e. The van der Waals surface area contributed by atoms with Crippen molar-refractivity contribution in [3.8, 4) is 11.5 Å². The summed E-state index contributed by atoms with van der Waals surface area (Å²) in [6, 6.07) is 12.3. The molecule has 1 heterocycles. The molecule has 1 aliphatic rings. The van der Waals surface area contributed by atoms with E-state index in [1.165, 1.54) is 12.1 Å². The van der Waals surface area contributed by atoms with E-state index in [2.05, 4.69) is 20.5 Å². The molecule has 7 nitrogen and oxygen atoms in total. The Bertz CT molecular complexity index is 839. The second-order valence-electron chi connectivity index (χ2n) is 6.86. The maximum Gasteiger partial charge on any atom is 0.195 e. The van der Waals surface area contributed by atoms with Crippen LogP contribution >= 0.6 is 0 Å². The molecule has 0 amide bonds. The van der Waals surface area contributed by atoms with Gasteiger partial charge in [0, 0.05) is 38.4 Å². The zero-order valence-corrected chi connectivity index (χ0v) is 17.7. The van der Waals surface area contributed by atoms with Gasteiger partial charge < -0.3 is 24.8 Å². The SMILES string of the molecule is CN=C(NCC(c1ccc(F)cc1)N1CCOCC1)Nc1ccc(OC)c(OC)c1. The minimum absolute atomic E-state index is 0.0680. The summed E-state index contributed by atoms with van der Waals surface area (Å²) in [5.41, 5.74) is 1.87. The van der Waals surface area contributed by atoms with E-state index >= 15 is 0 Å². The fourth-order valence-electron chi connectivity index (χ4n) is 3.46. The summed E-state index contributed by atoms with van der Waals surface area (Å²) >= 11 is 0. The summed E-state index contributed by atoms with van der Waals surface area (Å²) in [6.07, 6.45) is 0. The van der Waals surface area contributed by atoms with Gasteiger partial charge in [-0.1, -0.05) is 12.1 Å². The number of anilines is 1. The van der Waals surface area contributed by atoms with Gasteiger partial charge in [-0.05, 0) is 29.8 Å². The number of hydrogen-bond acceptors (Lipinski definition) is 5. The predicted octanol–water partition coefficient (Wildman–Crippen LogP) is 2.90. The van der Waals surface area contributed by atoms with E-state index in [0.29, 0.717) is 37.2 Å². The summed E-state index contributed by atoms with van der Waals surface area (Å²) in [6.45, 7) is 3.64. The van der Waals surface area contributed by atoms with Crippen LogP contribution in [-0.2, 0) is 4.74 Å². The summed E-state index contributed by atoms with van der Waals surface area (Å²) in [4.78, 5) is 6.67. The molecular weight excluding hydrogens is 387 g/mol. The molecule has 0 aliphatic carbocycles. The topological polar surface area (TPSA) is 67.4 Å². The van der Waals surface area contributed by atoms with Crippen LogP contribution in [0.5, 0.6) is 11.5 Å². The fraction of sp³-hybridized carbons (Fsp3) is 0.409. The van der Waals surface area contributed by atoms with Crippen molar-refractivity contribution >= 4 is 11.6 Å². The molecule has 1 saturated heterocycles. The number of guanidine groups is 1. The van der Waals surface area contributed by atoms with Crippen molar-refractivity contribution in [1.29, 1.82) is 0 Å². The molecule has 2 aromatic carbocycles. The van der Waals surface area contributed by atoms with Crippen LogP contribution in [0.2, 0.25) is 0 Å². The van der Waals surface area contributed by atoms with Crippen molar-refractivity contribution < 1.29 is 18.6 Å². The van der Waals surface area contributed by atoms with Crippen molar-refractivity contribution in [3.63, 3.8) is 0 Å². The lowest BCUT2D eigenvalue weighted by molar-refractivity contribution is 0.0170. The van der Waals surface area contributed by atoms with E-state index in [0.717, 1.165) is 24.3 Å². The number of benzene rings is 2. The molecule has 0 bridgehead atoms. The molecule has 0 aromatic heterocycles. The molecule has 0 saturated carbocycles. The van der Waals surface area contributed by atoms with Crippen LogP contribution in [0.25, 0.3) is 0 Å². The number of nitrogens with one attached hydrogen (secondary N) is 2. The largest absolute Gasteiger partial charge is 0.493 e. The molecular formula is C22H29FN4O3. The highest BCUT2D eigenvalue weighted by Crippen LogP contribution is 2.29. The number of hydrogen-bond donors (Lipinski definition) is 2. The molecule has 1 unspecified atom stereocenters. The average Bonchev–Trinajstić information content (AvgIpc) is 2.80. The van der Waals surface area contributed by atoms with Gasteiger partial charge in [0.25, 0.3) is 0 Å². The Morgan fingerprint density at radius 3 is 2.43 bits per heavy atom. The molecule has 1 fully saturated rings. The normalized spacial score (nSPS) is 16.1. The standard InChI is InChI=1S/C22H29FN4O3/c1-24-22(26-18-8-9-20(28-2)21(14-18)29-3)25-15-19(27-10-12-30-13-11-27)16-4-6-17(23)7-5-16/h4-9,14,19H,10-13,15H2,1-3H3,(H2,24,25,26). The number of morpholine rings is 1. The van der Waals surface area contributed by atoms with Gasteiger partial charge >= 0.3 is 0 Å². The Morgan fingerprint density at radius 1 is 1.10 bits per heavy atom. The maximum absolute atomic E-state index is 13.4. The first kappa shape index (κ1) is 21.9. The monoisotopic (exact) mass is 416 g/mol. The van der Waals surface area contributed by atoms with E-state index < -0.39 is 0 Å². The predicted molar refractivity (Wildman–Crippen MR) is 116 cm³/mol. The summed E-state index contributed by atoms with van der Waals surface area (Å²) in [7, 11) is 4.93. The number of rotatable bonds is 7.